The lowest BCUT2D eigenvalue weighted by molar-refractivity contribution is 0.255. The second-order valence-electron chi connectivity index (χ2n) is 7.90. The maximum Gasteiger partial charge on any atom is 0.191 e. The topological polar surface area (TPSA) is 73.6 Å². The normalized spacial score (nSPS) is 20.1. The Morgan fingerprint density at radius 2 is 2.13 bits per heavy atom. The van der Waals surface area contributed by atoms with Crippen LogP contribution in [0.4, 0.5) is 5.69 Å². The highest BCUT2D eigenvalue weighted by Gasteiger charge is 2.21. The van der Waals surface area contributed by atoms with Gasteiger partial charge in [0.15, 0.2) is 5.96 Å². The number of aromatic nitrogens is 3. The number of nitrogens with one attached hydrogen (secondary N) is 2. The van der Waals surface area contributed by atoms with Crippen LogP contribution in [0, 0.1) is 0 Å². The van der Waals surface area contributed by atoms with E-state index < -0.39 is 0 Å². The van der Waals surface area contributed by atoms with E-state index in [1.54, 1.807) is 6.33 Å². The van der Waals surface area contributed by atoms with Crippen molar-refractivity contribution in [1.82, 2.24) is 30.3 Å². The average molecular weight is 431 g/mol. The molecule has 0 amide bonds. The van der Waals surface area contributed by atoms with Crippen molar-refractivity contribution in [2.24, 2.45) is 4.99 Å². The Kier molecular flexibility index (Phi) is 7.07. The lowest BCUT2D eigenvalue weighted by atomic mass is 10.1. The molecule has 30 heavy (non-hydrogen) atoms. The summed E-state index contributed by atoms with van der Waals surface area (Å²) in [5.41, 5.74) is 1.22. The van der Waals surface area contributed by atoms with Crippen molar-refractivity contribution in [3.8, 4) is 0 Å². The smallest absolute Gasteiger partial charge is 0.191 e. The van der Waals surface area contributed by atoms with Crippen LogP contribution in [0.5, 0.6) is 0 Å². The largest absolute Gasteiger partial charge is 0.369 e. The van der Waals surface area contributed by atoms with Crippen LogP contribution in [-0.2, 0) is 13.0 Å². The molecule has 2 aliphatic heterocycles. The number of benzene rings is 1. The van der Waals surface area contributed by atoms with E-state index in [1.165, 1.54) is 5.69 Å². The monoisotopic (exact) mass is 430 g/mol. The van der Waals surface area contributed by atoms with Crippen molar-refractivity contribution < 1.29 is 0 Å². The molecule has 1 aromatic carbocycles. The minimum absolute atomic E-state index is 0.338. The second-order valence-corrected chi connectivity index (χ2v) is 8.34. The van der Waals surface area contributed by atoms with Gasteiger partial charge in [-0.25, -0.2) is 9.67 Å². The van der Waals surface area contributed by atoms with Crippen molar-refractivity contribution in [3.05, 3.63) is 41.4 Å². The first-order chi connectivity index (χ1) is 14.7. The van der Waals surface area contributed by atoms with E-state index >= 15 is 0 Å². The summed E-state index contributed by atoms with van der Waals surface area (Å²) in [7, 11) is 1.83. The van der Waals surface area contributed by atoms with Gasteiger partial charge in [0.05, 0.1) is 6.54 Å². The molecule has 9 heteroatoms. The van der Waals surface area contributed by atoms with Gasteiger partial charge in [-0.1, -0.05) is 17.7 Å². The van der Waals surface area contributed by atoms with Gasteiger partial charge in [0.1, 0.15) is 12.2 Å². The summed E-state index contributed by atoms with van der Waals surface area (Å²) in [6.07, 6.45) is 4.74. The zero-order valence-electron chi connectivity index (χ0n) is 17.6. The number of halogens is 1. The summed E-state index contributed by atoms with van der Waals surface area (Å²) in [6, 6.07) is 8.48. The molecule has 2 aliphatic rings. The number of anilines is 1. The van der Waals surface area contributed by atoms with Gasteiger partial charge in [-0.3, -0.25) is 9.89 Å². The Morgan fingerprint density at radius 3 is 2.93 bits per heavy atom. The molecular weight excluding hydrogens is 400 g/mol. The van der Waals surface area contributed by atoms with Gasteiger partial charge in [0.25, 0.3) is 0 Å². The molecule has 3 heterocycles. The fourth-order valence-corrected chi connectivity index (χ4v) is 4.34. The third-order valence-corrected chi connectivity index (χ3v) is 6.09. The van der Waals surface area contributed by atoms with E-state index in [4.69, 9.17) is 11.6 Å². The van der Waals surface area contributed by atoms with Crippen LogP contribution < -0.4 is 15.5 Å². The molecule has 2 aromatic rings. The zero-order chi connectivity index (χ0) is 20.8. The molecule has 1 atom stereocenters. The number of rotatable bonds is 6. The maximum atomic E-state index is 6.13. The molecule has 162 valence electrons. The fourth-order valence-electron chi connectivity index (χ4n) is 4.16. The van der Waals surface area contributed by atoms with Crippen molar-refractivity contribution in [2.75, 3.05) is 51.2 Å². The Morgan fingerprint density at radius 1 is 1.27 bits per heavy atom. The number of fused-ring (bicyclic) bond motifs is 1. The van der Waals surface area contributed by atoms with Crippen molar-refractivity contribution in [2.45, 2.75) is 31.8 Å². The van der Waals surface area contributed by atoms with Gasteiger partial charge in [0.2, 0.25) is 0 Å². The molecule has 0 aliphatic carbocycles. The third kappa shape index (κ3) is 5.43. The highest BCUT2D eigenvalue weighted by atomic mass is 35.5. The molecule has 0 spiro atoms. The standard InChI is InChI=1S/C21H31ClN8/c1-23-21(27-18-6-7-20-25-16-26-30(20)15-18)24-8-3-9-28-10-12-29(13-11-28)19-5-2-4-17(22)14-19/h2,4-5,14,16,18H,3,6-13,15H2,1H3,(H2,23,24,27). The van der Waals surface area contributed by atoms with E-state index in [2.05, 4.69) is 47.6 Å². The van der Waals surface area contributed by atoms with E-state index in [0.29, 0.717) is 6.04 Å². The quantitative estimate of drug-likeness (QED) is 0.412. The van der Waals surface area contributed by atoms with Crippen LogP contribution in [0.1, 0.15) is 18.7 Å². The molecule has 1 saturated heterocycles. The summed E-state index contributed by atoms with van der Waals surface area (Å²) in [6.45, 7) is 7.11. The van der Waals surface area contributed by atoms with E-state index in [0.717, 1.165) is 81.9 Å². The number of aryl methyl sites for hydroxylation is 1. The first kappa shape index (κ1) is 20.9. The summed E-state index contributed by atoms with van der Waals surface area (Å²) in [5, 5.41) is 12.1. The Balaban J connectivity index is 1.13. The lowest BCUT2D eigenvalue weighted by Crippen LogP contribution is -2.48. The van der Waals surface area contributed by atoms with Crippen LogP contribution in [0.25, 0.3) is 0 Å². The summed E-state index contributed by atoms with van der Waals surface area (Å²) < 4.78 is 1.98. The van der Waals surface area contributed by atoms with E-state index in [9.17, 15) is 0 Å². The van der Waals surface area contributed by atoms with Crippen molar-refractivity contribution >= 4 is 23.2 Å². The van der Waals surface area contributed by atoms with Gasteiger partial charge in [-0.2, -0.15) is 5.10 Å². The van der Waals surface area contributed by atoms with Crippen LogP contribution in [0.15, 0.2) is 35.6 Å². The number of hydrogen-bond donors (Lipinski definition) is 2. The van der Waals surface area contributed by atoms with Crippen molar-refractivity contribution in [1.29, 1.82) is 0 Å². The molecule has 0 bridgehead atoms. The first-order valence-electron chi connectivity index (χ1n) is 10.8. The molecule has 1 aromatic heterocycles. The number of aliphatic imine (C=N–C) groups is 1. The van der Waals surface area contributed by atoms with Gasteiger partial charge >= 0.3 is 0 Å². The van der Waals surface area contributed by atoms with E-state index in [1.807, 2.05) is 23.9 Å². The molecule has 1 unspecified atom stereocenters. The molecule has 2 N–H and O–H groups in total. The lowest BCUT2D eigenvalue weighted by Gasteiger charge is -2.36. The van der Waals surface area contributed by atoms with Gasteiger partial charge in [-0.15, -0.1) is 0 Å². The van der Waals surface area contributed by atoms with Crippen LogP contribution >= 0.6 is 11.6 Å². The zero-order valence-corrected chi connectivity index (χ0v) is 18.4. The van der Waals surface area contributed by atoms with Crippen molar-refractivity contribution in [3.63, 3.8) is 0 Å². The second kappa shape index (κ2) is 10.1. The minimum atomic E-state index is 0.338. The predicted molar refractivity (Wildman–Crippen MR) is 121 cm³/mol. The first-order valence-corrected chi connectivity index (χ1v) is 11.2. The van der Waals surface area contributed by atoms with Crippen LogP contribution in [0.3, 0.4) is 0 Å². The summed E-state index contributed by atoms with van der Waals surface area (Å²) >= 11 is 6.13. The van der Waals surface area contributed by atoms with Gasteiger partial charge < -0.3 is 15.5 Å². The molecule has 0 radical (unpaired) electrons. The Labute approximate surface area is 183 Å². The molecular formula is C21H31ClN8. The minimum Gasteiger partial charge on any atom is -0.369 e. The third-order valence-electron chi connectivity index (χ3n) is 5.86. The van der Waals surface area contributed by atoms with Gasteiger partial charge in [-0.05, 0) is 37.6 Å². The number of nitrogens with zero attached hydrogens (tertiary/aromatic N) is 6. The summed E-state index contributed by atoms with van der Waals surface area (Å²) in [5.74, 6) is 1.95. The SMILES string of the molecule is CN=C(NCCCN1CCN(c2cccc(Cl)c2)CC1)NC1CCc2ncnn2C1. The highest BCUT2D eigenvalue weighted by Crippen LogP contribution is 2.20. The van der Waals surface area contributed by atoms with Crippen LogP contribution in [-0.4, -0.2) is 78.0 Å². The molecule has 4 rings (SSSR count). The Bertz CT molecular complexity index is 843. The summed E-state index contributed by atoms with van der Waals surface area (Å²) in [4.78, 5) is 13.6. The fraction of sp³-hybridized carbons (Fsp3) is 0.571. The average Bonchev–Trinajstić information content (AvgIpc) is 3.24. The molecule has 1 fully saturated rings. The highest BCUT2D eigenvalue weighted by molar-refractivity contribution is 6.30. The number of piperazine rings is 1. The number of guanidine groups is 1. The van der Waals surface area contributed by atoms with Crippen LogP contribution in [0.2, 0.25) is 5.02 Å². The number of hydrogen-bond acceptors (Lipinski definition) is 5. The molecule has 0 saturated carbocycles. The predicted octanol–water partition coefficient (Wildman–Crippen LogP) is 1.62. The van der Waals surface area contributed by atoms with Gasteiger partial charge in [0, 0.05) is 62.9 Å². The van der Waals surface area contributed by atoms with E-state index in [-0.39, 0.29) is 0 Å². The molecule has 8 nitrogen and oxygen atoms in total. The maximum absolute atomic E-state index is 6.13. The Hall–Kier alpha value is -2.32.